The van der Waals surface area contributed by atoms with Crippen LogP contribution in [0.1, 0.15) is 25.7 Å². The molecule has 0 spiro atoms. The molecule has 1 aliphatic carbocycles. The van der Waals surface area contributed by atoms with Crippen LogP contribution in [-0.4, -0.2) is 41.4 Å². The highest BCUT2D eigenvalue weighted by Crippen LogP contribution is 2.24. The number of rotatable bonds is 5. The van der Waals surface area contributed by atoms with Crippen molar-refractivity contribution in [3.05, 3.63) is 4.91 Å². The molecule has 2 amide bonds. The van der Waals surface area contributed by atoms with Crippen molar-refractivity contribution in [2.75, 3.05) is 13.2 Å². The van der Waals surface area contributed by atoms with Gasteiger partial charge in [0.15, 0.2) is 0 Å². The van der Waals surface area contributed by atoms with Gasteiger partial charge in [0.2, 0.25) is 0 Å². The Morgan fingerprint density at radius 3 is 2.39 bits per heavy atom. The molecule has 2 N–H and O–H groups in total. The number of carbonyl (C=O) groups excluding carboxylic acids is 1. The van der Waals surface area contributed by atoms with Gasteiger partial charge in [0.1, 0.15) is 6.67 Å². The summed E-state index contributed by atoms with van der Waals surface area (Å²) in [5.74, 6) is -1.20. The van der Waals surface area contributed by atoms with Crippen molar-refractivity contribution in [1.82, 2.24) is 10.3 Å². The maximum Gasteiger partial charge on any atom is 0.340 e. The van der Waals surface area contributed by atoms with Gasteiger partial charge in [0.05, 0.1) is 17.7 Å². The molecular formula is C10H16FN3O4. The zero-order valence-electron chi connectivity index (χ0n) is 9.84. The first-order chi connectivity index (χ1) is 8.58. The minimum absolute atomic E-state index is 0.183. The molecule has 0 aromatic rings. The van der Waals surface area contributed by atoms with Crippen LogP contribution in [-0.2, 0) is 4.79 Å². The SMILES string of the molecule is O=NN(CCF)C(=O)NC1CCC(C(=O)O)CC1. The van der Waals surface area contributed by atoms with Crippen LogP contribution in [0, 0.1) is 10.8 Å². The summed E-state index contributed by atoms with van der Waals surface area (Å²) in [7, 11) is 0. The van der Waals surface area contributed by atoms with Gasteiger partial charge >= 0.3 is 12.0 Å². The molecule has 0 aromatic heterocycles. The monoisotopic (exact) mass is 261 g/mol. The number of aliphatic carboxylic acids is 1. The van der Waals surface area contributed by atoms with E-state index < -0.39 is 18.7 Å². The molecule has 0 atom stereocenters. The number of carboxylic acid groups (broad SMARTS) is 1. The predicted octanol–water partition coefficient (Wildman–Crippen LogP) is 1.29. The first-order valence-corrected chi connectivity index (χ1v) is 5.78. The lowest BCUT2D eigenvalue weighted by atomic mass is 9.86. The van der Waals surface area contributed by atoms with Crippen LogP contribution in [0.4, 0.5) is 9.18 Å². The van der Waals surface area contributed by atoms with Crippen LogP contribution in [0.15, 0.2) is 5.29 Å². The summed E-state index contributed by atoms with van der Waals surface area (Å²) in [6.45, 7) is -1.22. The molecule has 0 aromatic carbocycles. The van der Waals surface area contributed by atoms with E-state index in [1.807, 2.05) is 0 Å². The Morgan fingerprint density at radius 1 is 1.33 bits per heavy atom. The Bertz CT molecular complexity index is 318. The number of nitroso groups, excluding NO2 is 1. The summed E-state index contributed by atoms with van der Waals surface area (Å²) in [5, 5.41) is 14.3. The van der Waals surface area contributed by atoms with Crippen molar-refractivity contribution >= 4 is 12.0 Å². The number of carboxylic acids is 1. The summed E-state index contributed by atoms with van der Waals surface area (Å²) >= 11 is 0. The third-order valence-electron chi connectivity index (χ3n) is 3.03. The van der Waals surface area contributed by atoms with Gasteiger partial charge in [-0.05, 0) is 25.7 Å². The van der Waals surface area contributed by atoms with Crippen LogP contribution in [0.5, 0.6) is 0 Å². The number of halogens is 1. The molecule has 1 rings (SSSR count). The van der Waals surface area contributed by atoms with Crippen molar-refractivity contribution in [1.29, 1.82) is 0 Å². The van der Waals surface area contributed by atoms with E-state index in [9.17, 15) is 18.9 Å². The molecule has 1 fully saturated rings. The van der Waals surface area contributed by atoms with Crippen molar-refractivity contribution < 1.29 is 19.1 Å². The van der Waals surface area contributed by atoms with Crippen LogP contribution in [0.25, 0.3) is 0 Å². The van der Waals surface area contributed by atoms with Gasteiger partial charge in [-0.25, -0.2) is 9.18 Å². The van der Waals surface area contributed by atoms with E-state index in [1.54, 1.807) is 0 Å². The Kier molecular flexibility index (Phi) is 5.47. The summed E-state index contributed by atoms with van der Waals surface area (Å²) in [5.41, 5.74) is 0. The summed E-state index contributed by atoms with van der Waals surface area (Å²) < 4.78 is 12.0. The molecular weight excluding hydrogens is 245 g/mol. The summed E-state index contributed by atoms with van der Waals surface area (Å²) in [4.78, 5) is 32.5. The normalized spacial score (nSPS) is 23.2. The van der Waals surface area contributed by atoms with Crippen molar-refractivity contribution in [3.63, 3.8) is 0 Å². The molecule has 8 heteroatoms. The van der Waals surface area contributed by atoms with Crippen LogP contribution in [0.2, 0.25) is 0 Å². The summed E-state index contributed by atoms with van der Waals surface area (Å²) in [6, 6.07) is -0.918. The molecule has 0 unspecified atom stereocenters. The van der Waals surface area contributed by atoms with E-state index in [0.29, 0.717) is 30.7 Å². The predicted molar refractivity (Wildman–Crippen MR) is 60.4 cm³/mol. The van der Waals surface area contributed by atoms with Crippen LogP contribution < -0.4 is 5.32 Å². The van der Waals surface area contributed by atoms with Gasteiger partial charge in [-0.3, -0.25) is 4.79 Å². The Balaban J connectivity index is 2.38. The first-order valence-electron chi connectivity index (χ1n) is 5.78. The topological polar surface area (TPSA) is 99.1 Å². The molecule has 0 aliphatic heterocycles. The first kappa shape index (κ1) is 14.3. The molecule has 7 nitrogen and oxygen atoms in total. The lowest BCUT2D eigenvalue weighted by molar-refractivity contribution is -0.142. The van der Waals surface area contributed by atoms with Crippen molar-refractivity contribution in [2.24, 2.45) is 11.2 Å². The van der Waals surface area contributed by atoms with Gasteiger partial charge in [0, 0.05) is 6.04 Å². The molecule has 1 aliphatic rings. The minimum Gasteiger partial charge on any atom is -0.481 e. The molecule has 18 heavy (non-hydrogen) atoms. The summed E-state index contributed by atoms with van der Waals surface area (Å²) in [6.07, 6.45) is 2.03. The van der Waals surface area contributed by atoms with E-state index in [-0.39, 0.29) is 18.5 Å². The highest BCUT2D eigenvalue weighted by Gasteiger charge is 2.27. The second kappa shape index (κ2) is 6.87. The highest BCUT2D eigenvalue weighted by molar-refractivity contribution is 5.74. The van der Waals surface area contributed by atoms with Gasteiger partial charge in [-0.1, -0.05) is 0 Å². The van der Waals surface area contributed by atoms with Gasteiger partial charge in [0.25, 0.3) is 0 Å². The quantitative estimate of drug-likeness (QED) is 0.575. The number of nitrogens with one attached hydrogen (secondary N) is 1. The molecule has 0 heterocycles. The number of hydrogen-bond donors (Lipinski definition) is 2. The Hall–Kier alpha value is -1.73. The number of nitrogens with zero attached hydrogens (tertiary/aromatic N) is 2. The number of hydrogen-bond acceptors (Lipinski definition) is 4. The number of alkyl halides is 1. The third kappa shape index (κ3) is 3.94. The van der Waals surface area contributed by atoms with Crippen molar-refractivity contribution in [2.45, 2.75) is 31.7 Å². The van der Waals surface area contributed by atoms with E-state index >= 15 is 0 Å². The minimum atomic E-state index is -0.842. The molecule has 0 bridgehead atoms. The fourth-order valence-electron chi connectivity index (χ4n) is 1.99. The zero-order chi connectivity index (χ0) is 13.5. The van der Waals surface area contributed by atoms with E-state index in [4.69, 9.17) is 5.11 Å². The molecule has 0 saturated heterocycles. The number of carbonyl (C=O) groups is 2. The highest BCUT2D eigenvalue weighted by atomic mass is 19.1. The second-order valence-electron chi connectivity index (χ2n) is 4.23. The van der Waals surface area contributed by atoms with Crippen LogP contribution in [0.3, 0.4) is 0 Å². The van der Waals surface area contributed by atoms with Crippen molar-refractivity contribution in [3.8, 4) is 0 Å². The van der Waals surface area contributed by atoms with Gasteiger partial charge in [-0.2, -0.15) is 5.01 Å². The average molecular weight is 261 g/mol. The Morgan fingerprint density at radius 2 is 1.94 bits per heavy atom. The van der Waals surface area contributed by atoms with E-state index in [2.05, 4.69) is 10.6 Å². The largest absolute Gasteiger partial charge is 0.481 e. The number of amides is 2. The van der Waals surface area contributed by atoms with E-state index in [0.717, 1.165) is 0 Å². The smallest absolute Gasteiger partial charge is 0.340 e. The maximum atomic E-state index is 12.0. The lowest BCUT2D eigenvalue weighted by Gasteiger charge is -2.27. The zero-order valence-corrected chi connectivity index (χ0v) is 9.84. The third-order valence-corrected chi connectivity index (χ3v) is 3.03. The lowest BCUT2D eigenvalue weighted by Crippen LogP contribution is -2.44. The van der Waals surface area contributed by atoms with E-state index in [1.165, 1.54) is 0 Å². The fraction of sp³-hybridized carbons (Fsp3) is 0.800. The molecule has 0 radical (unpaired) electrons. The molecule has 1 saturated carbocycles. The average Bonchev–Trinajstić information content (AvgIpc) is 2.36. The number of urea groups is 1. The Labute approximate surface area is 103 Å². The maximum absolute atomic E-state index is 12.0. The fourth-order valence-corrected chi connectivity index (χ4v) is 1.99. The van der Waals surface area contributed by atoms with Gasteiger partial charge in [-0.15, -0.1) is 4.91 Å². The van der Waals surface area contributed by atoms with Crippen LogP contribution >= 0.6 is 0 Å². The van der Waals surface area contributed by atoms with Gasteiger partial charge < -0.3 is 10.4 Å². The molecule has 102 valence electrons. The second-order valence-corrected chi connectivity index (χ2v) is 4.23. The standard InChI is InChI=1S/C10H16FN3O4/c11-5-6-14(13-18)10(17)12-8-3-1-7(2-4-8)9(15)16/h7-8H,1-6H2,(H,12,17)(H,15,16).